The SMILES string of the molecule is CC1CCN(CC(=O)N[C@@H](C)c2n[nH]c(=O)[nH]2)CC1. The minimum absolute atomic E-state index is 0.0362. The molecule has 0 spiro atoms. The molecule has 7 heteroatoms. The lowest BCUT2D eigenvalue weighted by Gasteiger charge is -2.29. The summed E-state index contributed by atoms with van der Waals surface area (Å²) in [5, 5.41) is 8.93. The number of carbonyl (C=O) groups is 1. The first-order valence-corrected chi connectivity index (χ1v) is 6.71. The van der Waals surface area contributed by atoms with Crippen molar-refractivity contribution >= 4 is 5.91 Å². The zero-order chi connectivity index (χ0) is 13.8. The van der Waals surface area contributed by atoms with Crippen LogP contribution in [0.5, 0.6) is 0 Å². The van der Waals surface area contributed by atoms with E-state index in [1.54, 1.807) is 6.92 Å². The predicted octanol–water partition coefficient (Wildman–Crippen LogP) is 0.00710. The highest BCUT2D eigenvalue weighted by molar-refractivity contribution is 5.78. The molecule has 1 aliphatic heterocycles. The van der Waals surface area contributed by atoms with Crippen LogP contribution in [0.25, 0.3) is 0 Å². The van der Waals surface area contributed by atoms with Crippen molar-refractivity contribution in [2.45, 2.75) is 32.7 Å². The van der Waals surface area contributed by atoms with Gasteiger partial charge in [0.25, 0.3) is 0 Å². The fraction of sp³-hybridized carbons (Fsp3) is 0.750. The maximum Gasteiger partial charge on any atom is 0.340 e. The smallest absolute Gasteiger partial charge is 0.340 e. The minimum atomic E-state index is -0.360. The summed E-state index contributed by atoms with van der Waals surface area (Å²) in [6.07, 6.45) is 2.30. The maximum atomic E-state index is 11.9. The summed E-state index contributed by atoms with van der Waals surface area (Å²) >= 11 is 0. The van der Waals surface area contributed by atoms with Gasteiger partial charge in [0.2, 0.25) is 5.91 Å². The van der Waals surface area contributed by atoms with Crippen LogP contribution in [0, 0.1) is 5.92 Å². The highest BCUT2D eigenvalue weighted by Crippen LogP contribution is 2.15. The first-order valence-electron chi connectivity index (χ1n) is 6.71. The average molecular weight is 267 g/mol. The number of nitrogens with one attached hydrogen (secondary N) is 3. The van der Waals surface area contributed by atoms with Gasteiger partial charge in [-0.25, -0.2) is 9.89 Å². The Bertz CT molecular complexity index is 472. The number of aromatic amines is 2. The Balaban J connectivity index is 1.79. The molecule has 1 fully saturated rings. The van der Waals surface area contributed by atoms with Crippen molar-refractivity contribution < 1.29 is 4.79 Å². The molecular weight excluding hydrogens is 246 g/mol. The van der Waals surface area contributed by atoms with E-state index in [0.717, 1.165) is 31.8 Å². The monoisotopic (exact) mass is 267 g/mol. The molecule has 0 unspecified atom stereocenters. The zero-order valence-electron chi connectivity index (χ0n) is 11.4. The number of nitrogens with zero attached hydrogens (tertiary/aromatic N) is 2. The molecule has 1 aromatic heterocycles. The van der Waals surface area contributed by atoms with Gasteiger partial charge in [0.05, 0.1) is 12.6 Å². The van der Waals surface area contributed by atoms with Gasteiger partial charge >= 0.3 is 5.69 Å². The third kappa shape index (κ3) is 3.92. The van der Waals surface area contributed by atoms with Crippen molar-refractivity contribution in [2.75, 3.05) is 19.6 Å². The van der Waals surface area contributed by atoms with E-state index in [0.29, 0.717) is 12.4 Å². The number of amides is 1. The van der Waals surface area contributed by atoms with Gasteiger partial charge in [0.15, 0.2) is 5.82 Å². The number of hydrogen-bond acceptors (Lipinski definition) is 4. The second-order valence-corrected chi connectivity index (χ2v) is 5.31. The summed E-state index contributed by atoms with van der Waals surface area (Å²) in [6, 6.07) is -0.296. The highest BCUT2D eigenvalue weighted by atomic mass is 16.2. The highest BCUT2D eigenvalue weighted by Gasteiger charge is 2.19. The fourth-order valence-corrected chi connectivity index (χ4v) is 2.27. The van der Waals surface area contributed by atoms with Crippen LogP contribution in [-0.2, 0) is 4.79 Å². The lowest BCUT2D eigenvalue weighted by atomic mass is 9.99. The molecule has 3 N–H and O–H groups in total. The second-order valence-electron chi connectivity index (χ2n) is 5.31. The van der Waals surface area contributed by atoms with E-state index in [9.17, 15) is 9.59 Å². The Kier molecular flexibility index (Phi) is 4.36. The number of likely N-dealkylation sites (tertiary alicyclic amines) is 1. The Labute approximate surface area is 111 Å². The van der Waals surface area contributed by atoms with Crippen molar-refractivity contribution in [1.29, 1.82) is 0 Å². The van der Waals surface area contributed by atoms with Gasteiger partial charge in [-0.2, -0.15) is 5.10 Å². The largest absolute Gasteiger partial charge is 0.345 e. The van der Waals surface area contributed by atoms with E-state index in [4.69, 9.17) is 0 Å². The molecule has 7 nitrogen and oxygen atoms in total. The van der Waals surface area contributed by atoms with Gasteiger partial charge in [0, 0.05) is 0 Å². The molecule has 0 aliphatic carbocycles. The van der Waals surface area contributed by atoms with Crippen LogP contribution in [0.15, 0.2) is 4.79 Å². The molecule has 19 heavy (non-hydrogen) atoms. The normalized spacial score (nSPS) is 19.3. The van der Waals surface area contributed by atoms with Crippen molar-refractivity contribution in [1.82, 2.24) is 25.4 Å². The first kappa shape index (κ1) is 13.8. The lowest BCUT2D eigenvalue weighted by Crippen LogP contribution is -2.42. The molecule has 1 aromatic rings. The third-order valence-corrected chi connectivity index (χ3v) is 3.55. The summed E-state index contributed by atoms with van der Waals surface area (Å²) in [5.74, 6) is 1.17. The van der Waals surface area contributed by atoms with Crippen LogP contribution in [0.2, 0.25) is 0 Å². The predicted molar refractivity (Wildman–Crippen MR) is 70.6 cm³/mol. The number of H-pyrrole nitrogens is 2. The minimum Gasteiger partial charge on any atom is -0.345 e. The lowest BCUT2D eigenvalue weighted by molar-refractivity contribution is -0.123. The van der Waals surface area contributed by atoms with Crippen LogP contribution in [0.3, 0.4) is 0 Å². The standard InChI is InChI=1S/C12H21N5O2/c1-8-3-5-17(6-4-8)7-10(18)13-9(2)11-14-12(19)16-15-11/h8-9H,3-7H2,1-2H3,(H,13,18)(H2,14,15,16,19)/t9-/m0/s1. The number of rotatable bonds is 4. The van der Waals surface area contributed by atoms with Crippen LogP contribution in [-0.4, -0.2) is 45.6 Å². The quantitative estimate of drug-likeness (QED) is 0.716. The van der Waals surface area contributed by atoms with Crippen molar-refractivity contribution in [3.8, 4) is 0 Å². The number of aromatic nitrogens is 3. The summed E-state index contributed by atoms with van der Waals surface area (Å²) < 4.78 is 0. The van der Waals surface area contributed by atoms with Crippen LogP contribution in [0.1, 0.15) is 38.6 Å². The average Bonchev–Trinajstić information content (AvgIpc) is 2.79. The number of hydrogen-bond donors (Lipinski definition) is 3. The Morgan fingerprint density at radius 2 is 2.21 bits per heavy atom. The summed E-state index contributed by atoms with van der Waals surface area (Å²) in [6.45, 7) is 6.39. The molecule has 2 heterocycles. The topological polar surface area (TPSA) is 93.9 Å². The second kappa shape index (κ2) is 6.01. The number of carbonyl (C=O) groups excluding carboxylic acids is 1. The van der Waals surface area contributed by atoms with Crippen molar-refractivity contribution in [3.63, 3.8) is 0 Å². The molecular formula is C12H21N5O2. The van der Waals surface area contributed by atoms with Gasteiger partial charge in [-0.15, -0.1) is 0 Å². The Morgan fingerprint density at radius 1 is 1.53 bits per heavy atom. The van der Waals surface area contributed by atoms with E-state index >= 15 is 0 Å². The van der Waals surface area contributed by atoms with E-state index in [1.165, 1.54) is 0 Å². The molecule has 106 valence electrons. The number of piperidine rings is 1. The van der Waals surface area contributed by atoms with Gasteiger partial charge in [0.1, 0.15) is 0 Å². The van der Waals surface area contributed by atoms with Crippen LogP contribution >= 0.6 is 0 Å². The van der Waals surface area contributed by atoms with Gasteiger partial charge in [-0.3, -0.25) is 14.7 Å². The molecule has 0 bridgehead atoms. The summed E-state index contributed by atoms with van der Waals surface area (Å²) in [7, 11) is 0. The maximum absolute atomic E-state index is 11.9. The summed E-state index contributed by atoms with van der Waals surface area (Å²) in [4.78, 5) is 27.5. The molecule has 0 radical (unpaired) electrons. The van der Waals surface area contributed by atoms with Crippen molar-refractivity contribution in [2.24, 2.45) is 5.92 Å². The Hall–Kier alpha value is -1.63. The first-order chi connectivity index (χ1) is 9.04. The van der Waals surface area contributed by atoms with E-state index in [-0.39, 0.29) is 17.6 Å². The summed E-state index contributed by atoms with van der Waals surface area (Å²) in [5.41, 5.74) is -0.360. The molecule has 0 saturated carbocycles. The zero-order valence-corrected chi connectivity index (χ0v) is 11.4. The molecule has 1 atom stereocenters. The molecule has 1 aliphatic rings. The van der Waals surface area contributed by atoms with Crippen LogP contribution in [0.4, 0.5) is 0 Å². The molecule has 1 amide bonds. The van der Waals surface area contributed by atoms with Crippen molar-refractivity contribution in [3.05, 3.63) is 16.3 Å². The molecule has 0 aromatic carbocycles. The van der Waals surface area contributed by atoms with Crippen LogP contribution < -0.4 is 11.0 Å². The van der Waals surface area contributed by atoms with E-state index in [2.05, 4.69) is 32.3 Å². The third-order valence-electron chi connectivity index (χ3n) is 3.55. The van der Waals surface area contributed by atoms with Gasteiger partial charge in [-0.05, 0) is 38.8 Å². The molecule has 2 rings (SSSR count). The Morgan fingerprint density at radius 3 is 2.79 bits per heavy atom. The fourth-order valence-electron chi connectivity index (χ4n) is 2.27. The van der Waals surface area contributed by atoms with E-state index in [1.807, 2.05) is 0 Å². The van der Waals surface area contributed by atoms with E-state index < -0.39 is 0 Å². The van der Waals surface area contributed by atoms with Gasteiger partial charge in [-0.1, -0.05) is 6.92 Å². The van der Waals surface area contributed by atoms with Gasteiger partial charge < -0.3 is 5.32 Å². The molecule has 1 saturated heterocycles.